The molecule has 0 spiro atoms. The summed E-state index contributed by atoms with van der Waals surface area (Å²) in [6, 6.07) is 0. The molecule has 86 valence electrons. The van der Waals surface area contributed by atoms with E-state index in [4.69, 9.17) is 0 Å². The van der Waals surface area contributed by atoms with Gasteiger partial charge in [-0.2, -0.15) is 5.10 Å². The van der Waals surface area contributed by atoms with Gasteiger partial charge in [0.2, 0.25) is 0 Å². The fourth-order valence-electron chi connectivity index (χ4n) is 4.95. The monoisotopic (exact) mass is 219 g/mol. The number of rotatable bonds is 1. The van der Waals surface area contributed by atoms with Crippen molar-refractivity contribution in [3.63, 3.8) is 0 Å². The summed E-state index contributed by atoms with van der Waals surface area (Å²) in [7, 11) is 0. The van der Waals surface area contributed by atoms with Crippen LogP contribution in [0.15, 0.2) is 11.1 Å². The zero-order chi connectivity index (χ0) is 10.8. The Hall–Kier alpha value is -1.06. The molecule has 4 heteroatoms. The Kier molecular flexibility index (Phi) is 1.57. The molecule has 4 bridgehead atoms. The molecular formula is C12H17N3O. The van der Waals surface area contributed by atoms with Crippen LogP contribution in [0.1, 0.15) is 38.5 Å². The third kappa shape index (κ3) is 1.05. The highest BCUT2D eigenvalue weighted by atomic mass is 16.1. The van der Waals surface area contributed by atoms with E-state index in [2.05, 4.69) is 10.2 Å². The Labute approximate surface area is 94.1 Å². The number of hydrogen-bond donors (Lipinski definition) is 1. The third-order valence-corrected chi connectivity index (χ3v) is 5.07. The van der Waals surface area contributed by atoms with Crippen molar-refractivity contribution in [1.82, 2.24) is 14.8 Å². The summed E-state index contributed by atoms with van der Waals surface area (Å²) >= 11 is 0. The lowest BCUT2D eigenvalue weighted by Crippen LogP contribution is -2.54. The zero-order valence-electron chi connectivity index (χ0n) is 9.35. The molecule has 5 rings (SSSR count). The van der Waals surface area contributed by atoms with Gasteiger partial charge in [-0.1, -0.05) is 0 Å². The first-order chi connectivity index (χ1) is 7.75. The highest BCUT2D eigenvalue weighted by Crippen LogP contribution is 2.58. The molecule has 1 aromatic heterocycles. The van der Waals surface area contributed by atoms with Gasteiger partial charge < -0.3 is 0 Å². The maximum Gasteiger partial charge on any atom is 0.343 e. The Morgan fingerprint density at radius 1 is 1.19 bits per heavy atom. The highest BCUT2D eigenvalue weighted by Gasteiger charge is 2.52. The fraction of sp³-hybridized carbons (Fsp3) is 0.833. The van der Waals surface area contributed by atoms with E-state index in [1.807, 2.05) is 4.57 Å². The zero-order valence-corrected chi connectivity index (χ0v) is 9.35. The number of nitrogens with one attached hydrogen (secondary N) is 1. The normalized spacial score (nSPS) is 45.1. The third-order valence-electron chi connectivity index (χ3n) is 5.07. The molecule has 4 fully saturated rings. The lowest BCUT2D eigenvalue weighted by atomic mass is 9.53. The summed E-state index contributed by atoms with van der Waals surface area (Å²) in [5.74, 6) is 2.61. The number of aromatic amines is 1. The van der Waals surface area contributed by atoms with Crippen molar-refractivity contribution < 1.29 is 0 Å². The molecule has 4 saturated carbocycles. The molecule has 4 aliphatic carbocycles. The molecule has 1 aromatic rings. The number of nitrogens with zero attached hydrogens (tertiary/aromatic N) is 2. The van der Waals surface area contributed by atoms with Gasteiger partial charge in [-0.05, 0) is 56.3 Å². The van der Waals surface area contributed by atoms with E-state index in [-0.39, 0.29) is 11.2 Å². The van der Waals surface area contributed by atoms with Crippen LogP contribution in [0.4, 0.5) is 0 Å². The second kappa shape index (κ2) is 2.79. The van der Waals surface area contributed by atoms with Gasteiger partial charge in [0.15, 0.2) is 0 Å². The van der Waals surface area contributed by atoms with Crippen LogP contribution in [0.25, 0.3) is 0 Å². The molecule has 1 N–H and O–H groups in total. The van der Waals surface area contributed by atoms with Crippen LogP contribution in [0.3, 0.4) is 0 Å². The largest absolute Gasteiger partial charge is 0.343 e. The van der Waals surface area contributed by atoms with Crippen molar-refractivity contribution in [2.24, 2.45) is 17.8 Å². The van der Waals surface area contributed by atoms with Crippen LogP contribution in [0, 0.1) is 17.8 Å². The molecule has 4 nitrogen and oxygen atoms in total. The fourth-order valence-corrected chi connectivity index (χ4v) is 4.95. The van der Waals surface area contributed by atoms with Gasteiger partial charge in [0.25, 0.3) is 0 Å². The standard InChI is InChI=1S/C12H17N3O/c16-11-14-13-7-15(11)12-4-8-1-9(5-12)3-10(2-8)6-12/h7-10H,1-6H2,(H,14,16). The van der Waals surface area contributed by atoms with Gasteiger partial charge in [-0.3, -0.25) is 4.57 Å². The molecule has 0 atom stereocenters. The van der Waals surface area contributed by atoms with Crippen LogP contribution < -0.4 is 5.69 Å². The summed E-state index contributed by atoms with van der Waals surface area (Å²) in [5, 5.41) is 6.46. The van der Waals surface area contributed by atoms with E-state index in [0.717, 1.165) is 17.8 Å². The average Bonchev–Trinajstić information content (AvgIpc) is 2.62. The van der Waals surface area contributed by atoms with Crippen LogP contribution in [-0.2, 0) is 5.54 Å². The predicted molar refractivity (Wildman–Crippen MR) is 59.0 cm³/mol. The molecule has 0 saturated heterocycles. The number of H-pyrrole nitrogens is 1. The topological polar surface area (TPSA) is 50.7 Å². The summed E-state index contributed by atoms with van der Waals surface area (Å²) in [4.78, 5) is 11.8. The van der Waals surface area contributed by atoms with Gasteiger partial charge in [-0.25, -0.2) is 9.89 Å². The predicted octanol–water partition coefficient (Wildman–Crippen LogP) is 1.50. The molecule has 0 aliphatic heterocycles. The quantitative estimate of drug-likeness (QED) is 0.778. The molecular weight excluding hydrogens is 202 g/mol. The SMILES string of the molecule is O=c1[nH]ncn1C12CC3CC(CC(C3)C1)C2. The summed E-state index contributed by atoms with van der Waals surface area (Å²) in [6.07, 6.45) is 9.56. The molecule has 4 aliphatic rings. The van der Waals surface area contributed by atoms with Gasteiger partial charge >= 0.3 is 5.69 Å². The highest BCUT2D eigenvalue weighted by molar-refractivity contribution is 5.05. The number of hydrogen-bond acceptors (Lipinski definition) is 2. The van der Waals surface area contributed by atoms with Crippen molar-refractivity contribution >= 4 is 0 Å². The minimum absolute atomic E-state index is 0.0121. The minimum Gasteiger partial charge on any atom is -0.275 e. The molecule has 0 amide bonds. The van der Waals surface area contributed by atoms with Crippen LogP contribution in [-0.4, -0.2) is 14.8 Å². The first kappa shape index (κ1) is 9.02. The van der Waals surface area contributed by atoms with Crippen molar-refractivity contribution in [3.8, 4) is 0 Å². The van der Waals surface area contributed by atoms with E-state index in [1.54, 1.807) is 6.33 Å². The van der Waals surface area contributed by atoms with Gasteiger partial charge in [0.05, 0.1) is 5.54 Å². The summed E-state index contributed by atoms with van der Waals surface area (Å²) in [5.41, 5.74) is 0.112. The number of aromatic nitrogens is 3. The van der Waals surface area contributed by atoms with E-state index in [0.29, 0.717) is 0 Å². The Balaban J connectivity index is 1.82. The van der Waals surface area contributed by atoms with E-state index in [9.17, 15) is 4.79 Å². The van der Waals surface area contributed by atoms with Crippen molar-refractivity contribution in [3.05, 3.63) is 16.8 Å². The lowest BCUT2D eigenvalue weighted by Gasteiger charge is -2.56. The van der Waals surface area contributed by atoms with E-state index >= 15 is 0 Å². The first-order valence-corrected chi connectivity index (χ1v) is 6.38. The minimum atomic E-state index is -0.0121. The molecule has 0 aromatic carbocycles. The summed E-state index contributed by atoms with van der Waals surface area (Å²) in [6.45, 7) is 0. The van der Waals surface area contributed by atoms with Crippen molar-refractivity contribution in [2.45, 2.75) is 44.1 Å². The lowest BCUT2D eigenvalue weighted by molar-refractivity contribution is -0.0448. The van der Waals surface area contributed by atoms with Crippen molar-refractivity contribution in [1.29, 1.82) is 0 Å². The first-order valence-electron chi connectivity index (χ1n) is 6.38. The molecule has 0 radical (unpaired) electrons. The van der Waals surface area contributed by atoms with Crippen LogP contribution in [0.2, 0.25) is 0 Å². The van der Waals surface area contributed by atoms with E-state index < -0.39 is 0 Å². The maximum atomic E-state index is 11.8. The smallest absolute Gasteiger partial charge is 0.275 e. The second-order valence-corrected chi connectivity index (χ2v) is 6.17. The molecule has 0 unspecified atom stereocenters. The average molecular weight is 219 g/mol. The molecule has 1 heterocycles. The molecule has 16 heavy (non-hydrogen) atoms. The van der Waals surface area contributed by atoms with Gasteiger partial charge in [0.1, 0.15) is 6.33 Å². The van der Waals surface area contributed by atoms with Gasteiger partial charge in [-0.15, -0.1) is 0 Å². The summed E-state index contributed by atoms with van der Waals surface area (Å²) < 4.78 is 1.90. The Morgan fingerprint density at radius 3 is 2.19 bits per heavy atom. The van der Waals surface area contributed by atoms with E-state index in [1.165, 1.54) is 38.5 Å². The maximum absolute atomic E-state index is 11.8. The van der Waals surface area contributed by atoms with Crippen molar-refractivity contribution in [2.75, 3.05) is 0 Å². The van der Waals surface area contributed by atoms with Gasteiger partial charge in [0, 0.05) is 0 Å². The second-order valence-electron chi connectivity index (χ2n) is 6.17. The Morgan fingerprint density at radius 2 is 1.75 bits per heavy atom. The van der Waals surface area contributed by atoms with Crippen LogP contribution >= 0.6 is 0 Å². The van der Waals surface area contributed by atoms with Crippen LogP contribution in [0.5, 0.6) is 0 Å². The Bertz CT molecular complexity index is 437.